The molecule has 130 valence electrons. The van der Waals surface area contributed by atoms with Crippen molar-refractivity contribution >= 4 is 11.9 Å². The predicted octanol–water partition coefficient (Wildman–Crippen LogP) is 2.91. The number of benzene rings is 2. The average molecular weight is 339 g/mol. The van der Waals surface area contributed by atoms with E-state index in [-0.39, 0.29) is 5.91 Å². The van der Waals surface area contributed by atoms with Crippen molar-refractivity contribution in [3.8, 4) is 11.1 Å². The van der Waals surface area contributed by atoms with Gasteiger partial charge in [-0.1, -0.05) is 48.0 Å². The van der Waals surface area contributed by atoms with Crippen molar-refractivity contribution in [3.05, 3.63) is 59.7 Å². The first-order chi connectivity index (χ1) is 12.0. The van der Waals surface area contributed by atoms with E-state index < -0.39 is 18.2 Å². The largest absolute Gasteiger partial charge is 0.479 e. The molecule has 0 unspecified atom stereocenters. The third-order valence-corrected chi connectivity index (χ3v) is 4.33. The van der Waals surface area contributed by atoms with Crippen LogP contribution < -0.4 is 5.32 Å². The van der Waals surface area contributed by atoms with Gasteiger partial charge in [-0.2, -0.15) is 0 Å². The van der Waals surface area contributed by atoms with E-state index >= 15 is 0 Å². The summed E-state index contributed by atoms with van der Waals surface area (Å²) in [6, 6.07) is 16.3. The third-order valence-electron chi connectivity index (χ3n) is 4.33. The molecule has 5 heteroatoms. The summed E-state index contributed by atoms with van der Waals surface area (Å²) in [5, 5.41) is 11.8. The molecule has 25 heavy (non-hydrogen) atoms. The van der Waals surface area contributed by atoms with Crippen LogP contribution in [0.5, 0.6) is 0 Å². The SMILES string of the molecule is Cc1cccc(-c2cccc(CNC(=O)[C@@H]3CC[C@H](C(=O)O)O3)c2)c1. The van der Waals surface area contributed by atoms with Gasteiger partial charge in [0.05, 0.1) is 0 Å². The van der Waals surface area contributed by atoms with Gasteiger partial charge in [0, 0.05) is 6.54 Å². The van der Waals surface area contributed by atoms with Gasteiger partial charge in [0.15, 0.2) is 6.10 Å². The van der Waals surface area contributed by atoms with Gasteiger partial charge in [-0.3, -0.25) is 4.79 Å². The lowest BCUT2D eigenvalue weighted by atomic mass is 10.0. The van der Waals surface area contributed by atoms with Crippen molar-refractivity contribution in [2.45, 2.75) is 38.5 Å². The van der Waals surface area contributed by atoms with Crippen LogP contribution in [0.15, 0.2) is 48.5 Å². The number of hydrogen-bond acceptors (Lipinski definition) is 3. The molecular formula is C20H21NO4. The van der Waals surface area contributed by atoms with Gasteiger partial charge in [0.25, 0.3) is 0 Å². The Bertz CT molecular complexity index is 787. The Hall–Kier alpha value is -2.66. The lowest BCUT2D eigenvalue weighted by molar-refractivity contribution is -0.151. The molecule has 1 saturated heterocycles. The van der Waals surface area contributed by atoms with Crippen LogP contribution in [-0.4, -0.2) is 29.2 Å². The highest BCUT2D eigenvalue weighted by Crippen LogP contribution is 2.22. The fraction of sp³-hybridized carbons (Fsp3) is 0.300. The Balaban J connectivity index is 1.61. The molecule has 0 aliphatic carbocycles. The van der Waals surface area contributed by atoms with Crippen LogP contribution in [0, 0.1) is 6.92 Å². The van der Waals surface area contributed by atoms with Gasteiger partial charge in [-0.25, -0.2) is 4.79 Å². The number of nitrogens with one attached hydrogen (secondary N) is 1. The zero-order valence-electron chi connectivity index (χ0n) is 14.1. The standard InChI is InChI=1S/C20H21NO4/c1-13-4-2-6-15(10-13)16-7-3-5-14(11-16)12-21-19(22)17-8-9-18(25-17)20(23)24/h2-7,10-11,17-18H,8-9,12H2,1H3,(H,21,22)(H,23,24)/t17-,18+/m0/s1. The zero-order chi connectivity index (χ0) is 17.8. The summed E-state index contributed by atoms with van der Waals surface area (Å²) in [4.78, 5) is 23.0. The van der Waals surface area contributed by atoms with Crippen LogP contribution in [0.1, 0.15) is 24.0 Å². The minimum atomic E-state index is -1.01. The second-order valence-corrected chi connectivity index (χ2v) is 6.32. The molecule has 0 bridgehead atoms. The number of ether oxygens (including phenoxy) is 1. The normalized spacial score (nSPS) is 19.6. The Morgan fingerprint density at radius 3 is 2.44 bits per heavy atom. The molecule has 0 spiro atoms. The van der Waals surface area contributed by atoms with Crippen molar-refractivity contribution < 1.29 is 19.4 Å². The summed E-state index contributed by atoms with van der Waals surface area (Å²) >= 11 is 0. The molecule has 2 aromatic carbocycles. The molecule has 1 aliphatic heterocycles. The molecule has 3 rings (SSSR count). The Morgan fingerprint density at radius 1 is 1.08 bits per heavy atom. The topological polar surface area (TPSA) is 75.6 Å². The van der Waals surface area contributed by atoms with E-state index in [4.69, 9.17) is 9.84 Å². The van der Waals surface area contributed by atoms with Crippen molar-refractivity contribution in [1.82, 2.24) is 5.32 Å². The first kappa shape index (κ1) is 17.2. The van der Waals surface area contributed by atoms with Crippen LogP contribution >= 0.6 is 0 Å². The molecule has 5 nitrogen and oxygen atoms in total. The summed E-state index contributed by atoms with van der Waals surface area (Å²) in [5.74, 6) is -1.27. The van der Waals surface area contributed by atoms with Crippen LogP contribution in [0.2, 0.25) is 0 Å². The van der Waals surface area contributed by atoms with E-state index in [0.717, 1.165) is 16.7 Å². The fourth-order valence-electron chi connectivity index (χ4n) is 3.00. The number of aliphatic carboxylic acids is 1. The number of carboxylic acid groups (broad SMARTS) is 1. The van der Waals surface area contributed by atoms with E-state index in [1.54, 1.807) is 0 Å². The molecule has 1 aliphatic rings. The van der Waals surface area contributed by atoms with Crippen molar-refractivity contribution in [2.24, 2.45) is 0 Å². The highest BCUT2D eigenvalue weighted by Gasteiger charge is 2.34. The lowest BCUT2D eigenvalue weighted by Gasteiger charge is -2.12. The number of carbonyl (C=O) groups is 2. The number of rotatable bonds is 5. The summed E-state index contributed by atoms with van der Waals surface area (Å²) < 4.78 is 5.27. The van der Waals surface area contributed by atoms with Gasteiger partial charge >= 0.3 is 5.97 Å². The number of hydrogen-bond donors (Lipinski definition) is 2. The maximum absolute atomic E-state index is 12.2. The molecule has 0 saturated carbocycles. The van der Waals surface area contributed by atoms with E-state index in [1.165, 1.54) is 5.56 Å². The average Bonchev–Trinajstić information content (AvgIpc) is 3.10. The Morgan fingerprint density at radius 2 is 1.76 bits per heavy atom. The van der Waals surface area contributed by atoms with E-state index in [1.807, 2.05) is 30.3 Å². The lowest BCUT2D eigenvalue weighted by Crippen LogP contribution is -2.35. The van der Waals surface area contributed by atoms with Crippen molar-refractivity contribution in [3.63, 3.8) is 0 Å². The van der Waals surface area contributed by atoms with Crippen LogP contribution in [0.3, 0.4) is 0 Å². The summed E-state index contributed by atoms with van der Waals surface area (Å²) in [6.45, 7) is 2.44. The minimum absolute atomic E-state index is 0.260. The second kappa shape index (κ2) is 7.49. The van der Waals surface area contributed by atoms with Crippen LogP contribution in [0.25, 0.3) is 11.1 Å². The van der Waals surface area contributed by atoms with E-state index in [0.29, 0.717) is 19.4 Å². The Kier molecular flexibility index (Phi) is 5.14. The fourth-order valence-corrected chi connectivity index (χ4v) is 3.00. The van der Waals surface area contributed by atoms with E-state index in [2.05, 4.69) is 30.4 Å². The molecule has 0 radical (unpaired) electrons. The van der Waals surface area contributed by atoms with E-state index in [9.17, 15) is 9.59 Å². The van der Waals surface area contributed by atoms with Gasteiger partial charge in [-0.15, -0.1) is 0 Å². The Labute approximate surface area is 146 Å². The maximum atomic E-state index is 12.2. The molecule has 1 fully saturated rings. The summed E-state index contributed by atoms with van der Waals surface area (Å²) in [6.07, 6.45) is -0.746. The van der Waals surface area contributed by atoms with Crippen molar-refractivity contribution in [2.75, 3.05) is 0 Å². The highest BCUT2D eigenvalue weighted by atomic mass is 16.5. The van der Waals surface area contributed by atoms with Gasteiger partial charge in [0.2, 0.25) is 5.91 Å². The highest BCUT2D eigenvalue weighted by molar-refractivity contribution is 5.82. The number of carboxylic acids is 1. The number of aryl methyl sites for hydroxylation is 1. The molecule has 2 aromatic rings. The third kappa shape index (κ3) is 4.25. The first-order valence-electron chi connectivity index (χ1n) is 8.35. The van der Waals surface area contributed by atoms with Gasteiger partial charge in [-0.05, 0) is 42.5 Å². The molecule has 2 N–H and O–H groups in total. The van der Waals surface area contributed by atoms with Gasteiger partial charge in [0.1, 0.15) is 6.10 Å². The first-order valence-corrected chi connectivity index (χ1v) is 8.35. The number of amides is 1. The van der Waals surface area contributed by atoms with Crippen LogP contribution in [0.4, 0.5) is 0 Å². The molecular weight excluding hydrogens is 318 g/mol. The van der Waals surface area contributed by atoms with Crippen molar-refractivity contribution in [1.29, 1.82) is 0 Å². The molecule has 0 aromatic heterocycles. The molecule has 1 heterocycles. The maximum Gasteiger partial charge on any atom is 0.332 e. The number of carbonyl (C=O) groups excluding carboxylic acids is 1. The van der Waals surface area contributed by atoms with Gasteiger partial charge < -0.3 is 15.2 Å². The summed E-state index contributed by atoms with van der Waals surface area (Å²) in [5.41, 5.74) is 4.41. The van der Waals surface area contributed by atoms with Crippen LogP contribution in [-0.2, 0) is 20.9 Å². The predicted molar refractivity (Wildman–Crippen MR) is 94.0 cm³/mol. The zero-order valence-corrected chi connectivity index (χ0v) is 14.1. The smallest absolute Gasteiger partial charge is 0.332 e. The monoisotopic (exact) mass is 339 g/mol. The molecule has 1 amide bonds. The minimum Gasteiger partial charge on any atom is -0.479 e. The molecule has 2 atom stereocenters. The summed E-state index contributed by atoms with van der Waals surface area (Å²) in [7, 11) is 0. The quantitative estimate of drug-likeness (QED) is 0.878. The second-order valence-electron chi connectivity index (χ2n) is 6.32.